The van der Waals surface area contributed by atoms with Crippen LogP contribution in [0.5, 0.6) is 0 Å². The van der Waals surface area contributed by atoms with Crippen LogP contribution in [0.25, 0.3) is 0 Å². The largest absolute Gasteiger partial charge is 0.354 e. The van der Waals surface area contributed by atoms with Crippen molar-refractivity contribution in [3.63, 3.8) is 0 Å². The van der Waals surface area contributed by atoms with Gasteiger partial charge in [0.25, 0.3) is 0 Å². The van der Waals surface area contributed by atoms with E-state index in [9.17, 15) is 4.79 Å². The number of rotatable bonds is 8. The summed E-state index contributed by atoms with van der Waals surface area (Å²) < 4.78 is 1.70. The van der Waals surface area contributed by atoms with E-state index >= 15 is 0 Å². The van der Waals surface area contributed by atoms with E-state index in [1.54, 1.807) is 16.0 Å². The molecule has 9 heteroatoms. The van der Waals surface area contributed by atoms with Gasteiger partial charge in [-0.2, -0.15) is 5.26 Å². The van der Waals surface area contributed by atoms with E-state index in [0.29, 0.717) is 24.7 Å². The molecule has 1 amide bonds. The van der Waals surface area contributed by atoms with Crippen LogP contribution < -0.4 is 5.32 Å². The molecule has 0 spiro atoms. The Kier molecular flexibility index (Phi) is 6.18. The monoisotopic (exact) mass is 322 g/mol. The molecule has 0 saturated carbocycles. The molecule has 2 aromatic heterocycles. The summed E-state index contributed by atoms with van der Waals surface area (Å²) in [4.78, 5) is 12.8. The number of carbonyl (C=O) groups is 1. The number of nitrogens with zero attached hydrogens (tertiary/aromatic N) is 5. The molecular formula is C12H14N6OS2. The number of nitrogens with one attached hydrogen (secondary N) is 1. The minimum Gasteiger partial charge on any atom is -0.354 e. The molecule has 2 rings (SSSR count). The Labute approximate surface area is 130 Å². The van der Waals surface area contributed by atoms with Crippen LogP contribution in [0.15, 0.2) is 22.7 Å². The van der Waals surface area contributed by atoms with Crippen LogP contribution >= 0.6 is 23.1 Å². The van der Waals surface area contributed by atoms with Gasteiger partial charge in [-0.25, -0.2) is 4.68 Å². The van der Waals surface area contributed by atoms with Gasteiger partial charge in [0.2, 0.25) is 11.1 Å². The summed E-state index contributed by atoms with van der Waals surface area (Å²) in [5.74, 6) is 0.119. The fourth-order valence-electron chi connectivity index (χ4n) is 1.55. The van der Waals surface area contributed by atoms with Gasteiger partial charge in [0.1, 0.15) is 0 Å². The SMILES string of the molecule is N#CCCNC(=O)CSc1nnnn1CCc1cccs1. The fourth-order valence-corrected chi connectivity index (χ4v) is 2.98. The molecule has 0 aromatic carbocycles. The molecule has 7 nitrogen and oxygen atoms in total. The fraction of sp³-hybridized carbons (Fsp3) is 0.417. The maximum absolute atomic E-state index is 11.6. The first-order chi connectivity index (χ1) is 10.3. The van der Waals surface area contributed by atoms with Crippen molar-refractivity contribution >= 4 is 29.0 Å². The van der Waals surface area contributed by atoms with Crippen LogP contribution in [0.3, 0.4) is 0 Å². The van der Waals surface area contributed by atoms with Gasteiger partial charge < -0.3 is 5.32 Å². The number of hydrogen-bond donors (Lipinski definition) is 1. The number of carbonyl (C=O) groups excluding carboxylic acids is 1. The highest BCUT2D eigenvalue weighted by Crippen LogP contribution is 2.15. The van der Waals surface area contributed by atoms with E-state index in [1.165, 1.54) is 16.6 Å². The van der Waals surface area contributed by atoms with Gasteiger partial charge in [0, 0.05) is 17.8 Å². The zero-order valence-corrected chi connectivity index (χ0v) is 12.9. The minimum absolute atomic E-state index is 0.122. The van der Waals surface area contributed by atoms with Crippen molar-refractivity contribution in [3.8, 4) is 6.07 Å². The second kappa shape index (κ2) is 8.39. The van der Waals surface area contributed by atoms with Gasteiger partial charge in [-0.1, -0.05) is 17.8 Å². The van der Waals surface area contributed by atoms with Crippen LogP contribution in [-0.4, -0.2) is 38.4 Å². The Morgan fingerprint density at radius 2 is 2.48 bits per heavy atom. The molecule has 0 radical (unpaired) electrons. The number of amides is 1. The van der Waals surface area contributed by atoms with Crippen LogP contribution in [0, 0.1) is 11.3 Å². The molecule has 0 fully saturated rings. The quantitative estimate of drug-likeness (QED) is 0.577. The lowest BCUT2D eigenvalue weighted by molar-refractivity contribution is -0.118. The predicted molar refractivity (Wildman–Crippen MR) is 79.8 cm³/mol. The smallest absolute Gasteiger partial charge is 0.230 e. The van der Waals surface area contributed by atoms with Crippen LogP contribution in [-0.2, 0) is 17.8 Å². The number of thioether (sulfide) groups is 1. The summed E-state index contributed by atoms with van der Waals surface area (Å²) >= 11 is 2.99. The van der Waals surface area contributed by atoms with Crippen molar-refractivity contribution in [3.05, 3.63) is 22.4 Å². The van der Waals surface area contributed by atoms with Gasteiger partial charge in [0.15, 0.2) is 0 Å². The zero-order valence-electron chi connectivity index (χ0n) is 11.2. The van der Waals surface area contributed by atoms with Crippen molar-refractivity contribution in [1.82, 2.24) is 25.5 Å². The second-order valence-electron chi connectivity index (χ2n) is 4.06. The lowest BCUT2D eigenvalue weighted by Gasteiger charge is -2.04. The maximum atomic E-state index is 11.6. The first-order valence-corrected chi connectivity index (χ1v) is 8.21. The Bertz CT molecular complexity index is 604. The molecule has 0 saturated heterocycles. The summed E-state index contributed by atoms with van der Waals surface area (Å²) in [6.07, 6.45) is 1.18. The first kappa shape index (κ1) is 15.5. The van der Waals surface area contributed by atoms with E-state index < -0.39 is 0 Å². The summed E-state index contributed by atoms with van der Waals surface area (Å²) in [6, 6.07) is 6.06. The number of tetrazole rings is 1. The molecule has 2 aromatic rings. The molecule has 0 atom stereocenters. The lowest BCUT2D eigenvalue weighted by Crippen LogP contribution is -2.26. The molecule has 0 aliphatic carbocycles. The van der Waals surface area contributed by atoms with Crippen molar-refractivity contribution in [2.75, 3.05) is 12.3 Å². The Morgan fingerprint density at radius 1 is 1.57 bits per heavy atom. The third kappa shape index (κ3) is 5.17. The highest BCUT2D eigenvalue weighted by Gasteiger charge is 2.10. The summed E-state index contributed by atoms with van der Waals surface area (Å²) in [5.41, 5.74) is 0. The number of thiophene rings is 1. The van der Waals surface area contributed by atoms with Crippen molar-refractivity contribution in [2.45, 2.75) is 24.5 Å². The van der Waals surface area contributed by atoms with Gasteiger partial charge in [-0.15, -0.1) is 16.4 Å². The van der Waals surface area contributed by atoms with E-state index in [1.807, 2.05) is 17.5 Å². The number of aromatic nitrogens is 4. The predicted octanol–water partition coefficient (Wildman–Crippen LogP) is 1.10. The summed E-state index contributed by atoms with van der Waals surface area (Å²) in [6.45, 7) is 1.06. The third-order valence-corrected chi connectivity index (χ3v) is 4.43. The maximum Gasteiger partial charge on any atom is 0.230 e. The molecule has 1 N–H and O–H groups in total. The minimum atomic E-state index is -0.122. The van der Waals surface area contributed by atoms with Crippen LogP contribution in [0.1, 0.15) is 11.3 Å². The van der Waals surface area contributed by atoms with E-state index in [-0.39, 0.29) is 11.7 Å². The van der Waals surface area contributed by atoms with Gasteiger partial charge in [-0.05, 0) is 21.9 Å². The number of hydrogen-bond acceptors (Lipinski definition) is 7. The van der Waals surface area contributed by atoms with Crippen molar-refractivity contribution in [1.29, 1.82) is 5.26 Å². The van der Waals surface area contributed by atoms with Gasteiger partial charge >= 0.3 is 0 Å². The molecule has 110 valence electrons. The average Bonchev–Trinajstić information content (AvgIpc) is 3.14. The molecule has 21 heavy (non-hydrogen) atoms. The van der Waals surface area contributed by atoms with Crippen molar-refractivity contribution < 1.29 is 4.79 Å². The standard InChI is InChI=1S/C12H14N6OS2/c13-5-2-6-14-11(19)9-21-12-15-16-17-18(12)7-4-10-3-1-8-20-10/h1,3,8H,2,4,6-7,9H2,(H,14,19). The molecule has 0 aliphatic heterocycles. The zero-order chi connectivity index (χ0) is 14.9. The third-order valence-electron chi connectivity index (χ3n) is 2.54. The molecule has 0 unspecified atom stereocenters. The van der Waals surface area contributed by atoms with Gasteiger partial charge in [0.05, 0.1) is 24.8 Å². The van der Waals surface area contributed by atoms with Crippen LogP contribution in [0.2, 0.25) is 0 Å². The Balaban J connectivity index is 1.77. The molecule has 0 bridgehead atoms. The highest BCUT2D eigenvalue weighted by molar-refractivity contribution is 7.99. The molecular weight excluding hydrogens is 308 g/mol. The van der Waals surface area contributed by atoms with E-state index in [4.69, 9.17) is 5.26 Å². The van der Waals surface area contributed by atoms with E-state index in [2.05, 4.69) is 26.9 Å². The number of aryl methyl sites for hydroxylation is 2. The summed E-state index contributed by atoms with van der Waals surface area (Å²) in [5, 5.41) is 25.2. The lowest BCUT2D eigenvalue weighted by atomic mass is 10.3. The Hall–Kier alpha value is -1.92. The topological polar surface area (TPSA) is 96.5 Å². The first-order valence-electron chi connectivity index (χ1n) is 6.34. The number of nitriles is 1. The molecule has 0 aliphatic rings. The van der Waals surface area contributed by atoms with Crippen molar-refractivity contribution in [2.24, 2.45) is 0 Å². The van der Waals surface area contributed by atoms with Crippen LogP contribution in [0.4, 0.5) is 0 Å². The highest BCUT2D eigenvalue weighted by atomic mass is 32.2. The van der Waals surface area contributed by atoms with E-state index in [0.717, 1.165) is 6.42 Å². The average molecular weight is 322 g/mol. The summed E-state index contributed by atoms with van der Waals surface area (Å²) in [7, 11) is 0. The normalized spacial score (nSPS) is 10.2. The Morgan fingerprint density at radius 3 is 3.24 bits per heavy atom. The molecule has 2 heterocycles. The van der Waals surface area contributed by atoms with Gasteiger partial charge in [-0.3, -0.25) is 4.79 Å². The second-order valence-corrected chi connectivity index (χ2v) is 6.04.